The van der Waals surface area contributed by atoms with Crippen LogP contribution < -0.4 is 5.32 Å². The fourth-order valence-corrected chi connectivity index (χ4v) is 2.71. The van der Waals surface area contributed by atoms with Gasteiger partial charge < -0.3 is 10.1 Å². The van der Waals surface area contributed by atoms with E-state index in [9.17, 15) is 0 Å². The van der Waals surface area contributed by atoms with Crippen molar-refractivity contribution in [2.45, 2.75) is 45.7 Å². The summed E-state index contributed by atoms with van der Waals surface area (Å²) in [6.45, 7) is 7.07. The Kier molecular flexibility index (Phi) is 6.21. The molecule has 1 unspecified atom stereocenters. The molecule has 21 heavy (non-hydrogen) atoms. The molecule has 1 aromatic heterocycles. The minimum Gasteiger partial charge on any atom is -0.385 e. The van der Waals surface area contributed by atoms with Crippen LogP contribution in [0.2, 0.25) is 0 Å². The van der Waals surface area contributed by atoms with Crippen molar-refractivity contribution < 1.29 is 4.74 Å². The number of benzene rings is 1. The number of para-hydroxylation sites is 1. The number of ether oxygens (including phenoxy) is 1. The Morgan fingerprint density at radius 2 is 2.10 bits per heavy atom. The van der Waals surface area contributed by atoms with Crippen LogP contribution >= 0.6 is 0 Å². The van der Waals surface area contributed by atoms with Gasteiger partial charge in [-0.15, -0.1) is 0 Å². The second-order valence-corrected chi connectivity index (χ2v) is 5.42. The van der Waals surface area contributed by atoms with Gasteiger partial charge in [-0.05, 0) is 32.4 Å². The summed E-state index contributed by atoms with van der Waals surface area (Å²) in [5, 5.41) is 9.69. The summed E-state index contributed by atoms with van der Waals surface area (Å²) in [4.78, 5) is 0. The summed E-state index contributed by atoms with van der Waals surface area (Å²) in [6, 6.07) is 8.93. The van der Waals surface area contributed by atoms with E-state index in [1.165, 1.54) is 16.6 Å². The number of hydrogen-bond donors (Lipinski definition) is 1. The highest BCUT2D eigenvalue weighted by molar-refractivity contribution is 5.82. The van der Waals surface area contributed by atoms with Gasteiger partial charge in [0.2, 0.25) is 0 Å². The molecule has 1 atom stereocenters. The molecule has 1 N–H and O–H groups in total. The Balaban J connectivity index is 2.19. The molecule has 0 fully saturated rings. The van der Waals surface area contributed by atoms with E-state index in [0.29, 0.717) is 6.04 Å². The second-order valence-electron chi connectivity index (χ2n) is 5.42. The number of nitrogens with one attached hydrogen (secondary N) is 1. The summed E-state index contributed by atoms with van der Waals surface area (Å²) < 4.78 is 7.33. The van der Waals surface area contributed by atoms with E-state index in [1.807, 2.05) is 0 Å². The average Bonchev–Trinajstić information content (AvgIpc) is 2.88. The van der Waals surface area contributed by atoms with Crippen LogP contribution in [0.25, 0.3) is 10.9 Å². The van der Waals surface area contributed by atoms with Crippen molar-refractivity contribution in [2.24, 2.45) is 0 Å². The molecule has 2 rings (SSSR count). The Labute approximate surface area is 127 Å². The summed E-state index contributed by atoms with van der Waals surface area (Å²) >= 11 is 0. The predicted octanol–water partition coefficient (Wildman–Crippen LogP) is 3.00. The maximum absolute atomic E-state index is 5.24. The largest absolute Gasteiger partial charge is 0.385 e. The van der Waals surface area contributed by atoms with E-state index < -0.39 is 0 Å². The molecule has 1 aromatic carbocycles. The number of aromatic nitrogens is 2. The lowest BCUT2D eigenvalue weighted by Gasteiger charge is -2.17. The molecule has 0 aliphatic rings. The minimum absolute atomic E-state index is 0.425. The van der Waals surface area contributed by atoms with Crippen LogP contribution in [0.5, 0.6) is 0 Å². The van der Waals surface area contributed by atoms with E-state index in [2.05, 4.69) is 48.1 Å². The zero-order valence-electron chi connectivity index (χ0n) is 13.4. The highest BCUT2D eigenvalue weighted by Crippen LogP contribution is 2.20. The Bertz CT molecular complexity index is 542. The van der Waals surface area contributed by atoms with Crippen LogP contribution in [0.4, 0.5) is 0 Å². The normalized spacial score (nSPS) is 12.9. The van der Waals surface area contributed by atoms with Crippen molar-refractivity contribution in [3.05, 3.63) is 30.0 Å². The van der Waals surface area contributed by atoms with Gasteiger partial charge in [-0.3, -0.25) is 4.68 Å². The van der Waals surface area contributed by atoms with Crippen LogP contribution in [0.1, 0.15) is 32.4 Å². The first kappa shape index (κ1) is 16.0. The van der Waals surface area contributed by atoms with E-state index in [-0.39, 0.29) is 0 Å². The van der Waals surface area contributed by atoms with Crippen LogP contribution in [0.3, 0.4) is 0 Å². The molecule has 0 spiro atoms. The first-order valence-electron chi connectivity index (χ1n) is 7.96. The third-order valence-electron chi connectivity index (χ3n) is 3.83. The molecule has 4 nitrogen and oxygen atoms in total. The van der Waals surface area contributed by atoms with Gasteiger partial charge in [0.15, 0.2) is 0 Å². The summed E-state index contributed by atoms with van der Waals surface area (Å²) in [7, 11) is 1.76. The monoisotopic (exact) mass is 289 g/mol. The molecule has 0 amide bonds. The molecular formula is C17H27N3O. The number of rotatable bonds is 9. The number of methoxy groups -OCH3 is 1. The lowest BCUT2D eigenvalue weighted by Crippen LogP contribution is -2.33. The molecule has 4 heteroatoms. The zero-order chi connectivity index (χ0) is 15.1. The number of fused-ring (bicyclic) bond motifs is 1. The molecule has 2 aromatic rings. The third-order valence-corrected chi connectivity index (χ3v) is 3.83. The molecule has 116 valence electrons. The van der Waals surface area contributed by atoms with Gasteiger partial charge in [0.05, 0.1) is 11.2 Å². The molecular weight excluding hydrogens is 262 g/mol. The van der Waals surface area contributed by atoms with Crippen molar-refractivity contribution in [2.75, 3.05) is 20.3 Å². The smallest absolute Gasteiger partial charge is 0.0718 e. The maximum atomic E-state index is 5.24. The average molecular weight is 289 g/mol. The van der Waals surface area contributed by atoms with Crippen molar-refractivity contribution in [3.63, 3.8) is 0 Å². The molecule has 0 saturated heterocycles. The van der Waals surface area contributed by atoms with E-state index >= 15 is 0 Å². The van der Waals surface area contributed by atoms with Crippen LogP contribution in [0, 0.1) is 0 Å². The SMILES string of the molecule is CCCNC(CCOC)Cc1nn(CC)c2ccccc12. The highest BCUT2D eigenvalue weighted by Gasteiger charge is 2.15. The van der Waals surface area contributed by atoms with Gasteiger partial charge in [0.1, 0.15) is 0 Å². The molecule has 1 heterocycles. The Morgan fingerprint density at radius 3 is 2.81 bits per heavy atom. The fraction of sp³-hybridized carbons (Fsp3) is 0.588. The van der Waals surface area contributed by atoms with E-state index in [1.54, 1.807) is 7.11 Å². The van der Waals surface area contributed by atoms with Crippen molar-refractivity contribution in [1.29, 1.82) is 0 Å². The number of aryl methyl sites for hydroxylation is 1. The Morgan fingerprint density at radius 1 is 1.29 bits per heavy atom. The van der Waals surface area contributed by atoms with Gasteiger partial charge in [0, 0.05) is 38.1 Å². The maximum Gasteiger partial charge on any atom is 0.0718 e. The number of hydrogen-bond acceptors (Lipinski definition) is 3. The highest BCUT2D eigenvalue weighted by atomic mass is 16.5. The zero-order valence-corrected chi connectivity index (χ0v) is 13.4. The van der Waals surface area contributed by atoms with Gasteiger partial charge in [0.25, 0.3) is 0 Å². The first-order chi connectivity index (χ1) is 10.3. The first-order valence-corrected chi connectivity index (χ1v) is 7.96. The van der Waals surface area contributed by atoms with Crippen LogP contribution in [0.15, 0.2) is 24.3 Å². The van der Waals surface area contributed by atoms with Crippen molar-refractivity contribution in [3.8, 4) is 0 Å². The van der Waals surface area contributed by atoms with Crippen LogP contribution in [-0.4, -0.2) is 36.1 Å². The summed E-state index contributed by atoms with van der Waals surface area (Å²) in [6.07, 6.45) is 3.12. The topological polar surface area (TPSA) is 39.1 Å². The summed E-state index contributed by atoms with van der Waals surface area (Å²) in [5.74, 6) is 0. The van der Waals surface area contributed by atoms with E-state index in [4.69, 9.17) is 9.84 Å². The lowest BCUT2D eigenvalue weighted by atomic mass is 10.1. The predicted molar refractivity (Wildman–Crippen MR) is 87.7 cm³/mol. The van der Waals surface area contributed by atoms with Gasteiger partial charge in [-0.2, -0.15) is 5.10 Å². The fourth-order valence-electron chi connectivity index (χ4n) is 2.71. The van der Waals surface area contributed by atoms with Crippen LogP contribution in [-0.2, 0) is 17.7 Å². The molecule has 0 aliphatic carbocycles. The minimum atomic E-state index is 0.425. The Hall–Kier alpha value is -1.39. The summed E-state index contributed by atoms with van der Waals surface area (Å²) in [5.41, 5.74) is 2.42. The van der Waals surface area contributed by atoms with Gasteiger partial charge >= 0.3 is 0 Å². The molecule has 0 radical (unpaired) electrons. The third kappa shape index (κ3) is 4.05. The number of nitrogens with zero attached hydrogens (tertiary/aromatic N) is 2. The molecule has 0 bridgehead atoms. The van der Waals surface area contributed by atoms with Crippen molar-refractivity contribution in [1.82, 2.24) is 15.1 Å². The van der Waals surface area contributed by atoms with E-state index in [0.717, 1.165) is 39.0 Å². The quantitative estimate of drug-likeness (QED) is 0.771. The lowest BCUT2D eigenvalue weighted by molar-refractivity contribution is 0.182. The van der Waals surface area contributed by atoms with Gasteiger partial charge in [-0.1, -0.05) is 25.1 Å². The van der Waals surface area contributed by atoms with Crippen molar-refractivity contribution >= 4 is 10.9 Å². The molecule has 0 aliphatic heterocycles. The standard InChI is InChI=1S/C17H27N3O/c1-4-11-18-14(10-12-21-3)13-16-15-8-6-7-9-17(15)20(5-2)19-16/h6-9,14,18H,4-5,10-13H2,1-3H3. The van der Waals surface area contributed by atoms with Gasteiger partial charge in [-0.25, -0.2) is 0 Å². The second kappa shape index (κ2) is 8.15. The molecule has 0 saturated carbocycles.